The highest BCUT2D eigenvalue weighted by Crippen LogP contribution is 2.47. The first-order valence-corrected chi connectivity index (χ1v) is 29.2. The standard InChI is InChI=1S/C40H26.C24H15Br.C16H12BO2/c1-2-12-31-26-32(25-22-27(31)10-1)28-20-23-30(24-21-28)39-35-15-5-7-17-37(35)40(38-18-8-6-16-36(38)39)34-19-9-13-29-11-3-4-14-33(29)34;25-24-21-13-5-3-11-19(21)23(20-12-4-6-14-22(20)24)18-15-7-9-16-8-1-2-10-17(16)18;18-17-19-16-9-7-13(8-10-16)15-6-5-12-3-1-2-4-14(12)11-15/h1-26H;1-15H;1-11,18H. The SMILES string of the molecule is Brc1c2ccccc2c(-c2cccc3ccccc23)c2ccccc12.O[B]Oc1ccc(-c2ccc3ccccc3c2)cc1.c1ccc2cc(-c3ccc(-c4c5ccccc5c(-c5cccc6ccccc56)c5ccccc45)cc3)ccc2c1. The summed E-state index contributed by atoms with van der Waals surface area (Å²) in [5.41, 5.74) is 12.5. The zero-order valence-corrected chi connectivity index (χ0v) is 47.4. The second-order valence-electron chi connectivity index (χ2n) is 21.1. The molecule has 0 saturated heterocycles. The zero-order chi connectivity index (χ0) is 56.3. The maximum Gasteiger partial charge on any atom is 0.569 e. The van der Waals surface area contributed by atoms with Gasteiger partial charge in [-0.05, 0) is 182 Å². The Morgan fingerprint density at radius 1 is 0.238 bits per heavy atom. The Labute approximate surface area is 497 Å². The van der Waals surface area contributed by atoms with Gasteiger partial charge in [-0.25, -0.2) is 0 Å². The van der Waals surface area contributed by atoms with Crippen LogP contribution in [0.5, 0.6) is 5.75 Å². The van der Waals surface area contributed by atoms with Crippen LogP contribution in [-0.4, -0.2) is 12.7 Å². The van der Waals surface area contributed by atoms with E-state index in [2.05, 4.69) is 295 Å². The Morgan fingerprint density at radius 3 is 0.952 bits per heavy atom. The molecule has 16 rings (SSSR count). The number of rotatable bonds is 7. The molecular formula is C80H53BBrO2. The molecule has 0 bridgehead atoms. The molecule has 1 radical (unpaired) electrons. The summed E-state index contributed by atoms with van der Waals surface area (Å²) >= 11 is 3.84. The molecule has 0 fully saturated rings. The fourth-order valence-electron chi connectivity index (χ4n) is 12.3. The van der Waals surface area contributed by atoms with E-state index in [1.54, 1.807) is 0 Å². The van der Waals surface area contributed by atoms with Gasteiger partial charge in [0.25, 0.3) is 0 Å². The highest BCUT2D eigenvalue weighted by Gasteiger charge is 2.19. The highest BCUT2D eigenvalue weighted by molar-refractivity contribution is 9.10. The van der Waals surface area contributed by atoms with Gasteiger partial charge in [0.15, 0.2) is 0 Å². The van der Waals surface area contributed by atoms with Crippen molar-refractivity contribution in [2.45, 2.75) is 0 Å². The molecule has 0 heterocycles. The second-order valence-corrected chi connectivity index (χ2v) is 21.9. The lowest BCUT2D eigenvalue weighted by Gasteiger charge is -2.19. The molecule has 0 aliphatic heterocycles. The molecule has 4 heteroatoms. The summed E-state index contributed by atoms with van der Waals surface area (Å²) in [5, 5.41) is 28.9. The van der Waals surface area contributed by atoms with E-state index in [4.69, 9.17) is 9.68 Å². The molecule has 0 aliphatic rings. The van der Waals surface area contributed by atoms with Gasteiger partial charge in [-0.15, -0.1) is 0 Å². The van der Waals surface area contributed by atoms with Gasteiger partial charge >= 0.3 is 7.69 Å². The van der Waals surface area contributed by atoms with Crippen molar-refractivity contribution in [2.24, 2.45) is 0 Å². The van der Waals surface area contributed by atoms with Crippen molar-refractivity contribution in [3.05, 3.63) is 320 Å². The molecule has 16 aromatic carbocycles. The van der Waals surface area contributed by atoms with Crippen LogP contribution in [0.2, 0.25) is 0 Å². The van der Waals surface area contributed by atoms with Crippen LogP contribution in [0.25, 0.3) is 142 Å². The van der Waals surface area contributed by atoms with Gasteiger partial charge in [0.05, 0.1) is 0 Å². The molecule has 0 saturated carbocycles. The van der Waals surface area contributed by atoms with Gasteiger partial charge in [-0.2, -0.15) is 0 Å². The van der Waals surface area contributed by atoms with E-state index in [0.717, 1.165) is 5.56 Å². The van der Waals surface area contributed by atoms with E-state index in [1.807, 2.05) is 36.4 Å². The van der Waals surface area contributed by atoms with E-state index in [-0.39, 0.29) is 0 Å². The maximum atomic E-state index is 8.58. The van der Waals surface area contributed by atoms with Crippen LogP contribution < -0.4 is 4.65 Å². The van der Waals surface area contributed by atoms with Crippen LogP contribution in [0.1, 0.15) is 0 Å². The Bertz CT molecular complexity index is 4990. The predicted octanol–water partition coefficient (Wildman–Crippen LogP) is 22.3. The summed E-state index contributed by atoms with van der Waals surface area (Å²) in [6, 6.07) is 112. The summed E-state index contributed by atoms with van der Waals surface area (Å²) in [6.07, 6.45) is 0. The minimum Gasteiger partial charge on any atom is -0.537 e. The third kappa shape index (κ3) is 9.92. The Morgan fingerprint density at radius 2 is 0.536 bits per heavy atom. The normalized spacial score (nSPS) is 11.2. The summed E-state index contributed by atoms with van der Waals surface area (Å²) in [6.45, 7) is 0. The number of halogens is 1. The van der Waals surface area contributed by atoms with Gasteiger partial charge in [0, 0.05) is 4.47 Å². The molecule has 0 amide bonds. The molecule has 395 valence electrons. The molecule has 0 aliphatic carbocycles. The monoisotopic (exact) mass is 1140 g/mol. The van der Waals surface area contributed by atoms with Crippen LogP contribution in [0.15, 0.2) is 320 Å². The zero-order valence-electron chi connectivity index (χ0n) is 45.8. The molecule has 0 atom stereocenters. The van der Waals surface area contributed by atoms with Crippen molar-refractivity contribution < 1.29 is 9.68 Å². The number of hydrogen-bond acceptors (Lipinski definition) is 2. The van der Waals surface area contributed by atoms with Crippen LogP contribution in [-0.2, 0) is 0 Å². The van der Waals surface area contributed by atoms with E-state index in [1.165, 1.54) is 141 Å². The number of hydrogen-bond donors (Lipinski definition) is 1. The van der Waals surface area contributed by atoms with E-state index in [0.29, 0.717) is 13.4 Å². The Balaban J connectivity index is 0.000000122. The molecule has 84 heavy (non-hydrogen) atoms. The van der Waals surface area contributed by atoms with Gasteiger partial charge in [-0.1, -0.05) is 291 Å². The number of benzene rings is 16. The molecule has 0 spiro atoms. The first-order valence-electron chi connectivity index (χ1n) is 28.4. The molecule has 0 aromatic heterocycles. The van der Waals surface area contributed by atoms with Crippen molar-refractivity contribution in [1.82, 2.24) is 0 Å². The Hall–Kier alpha value is -10.1. The summed E-state index contributed by atoms with van der Waals surface area (Å²) in [5.74, 6) is 0.618. The fourth-order valence-corrected chi connectivity index (χ4v) is 13.0. The van der Waals surface area contributed by atoms with E-state index < -0.39 is 0 Å². The largest absolute Gasteiger partial charge is 0.569 e. The average Bonchev–Trinajstić information content (AvgIpc) is 1.54. The van der Waals surface area contributed by atoms with Crippen molar-refractivity contribution in [3.63, 3.8) is 0 Å². The summed E-state index contributed by atoms with van der Waals surface area (Å²) in [4.78, 5) is 0. The van der Waals surface area contributed by atoms with Crippen LogP contribution >= 0.6 is 15.9 Å². The van der Waals surface area contributed by atoms with Crippen LogP contribution in [0.3, 0.4) is 0 Å². The van der Waals surface area contributed by atoms with E-state index >= 15 is 0 Å². The first-order chi connectivity index (χ1) is 41.6. The van der Waals surface area contributed by atoms with E-state index in [9.17, 15) is 0 Å². The van der Waals surface area contributed by atoms with Gasteiger partial charge in [0.2, 0.25) is 0 Å². The van der Waals surface area contributed by atoms with Crippen LogP contribution in [0, 0.1) is 0 Å². The lowest BCUT2D eigenvalue weighted by atomic mass is 9.84. The van der Waals surface area contributed by atoms with Crippen molar-refractivity contribution in [2.75, 3.05) is 0 Å². The molecular weight excluding hydrogens is 1080 g/mol. The molecule has 2 nitrogen and oxygen atoms in total. The smallest absolute Gasteiger partial charge is 0.537 e. The first kappa shape index (κ1) is 52.0. The lowest BCUT2D eigenvalue weighted by molar-refractivity contribution is 0.454. The summed E-state index contributed by atoms with van der Waals surface area (Å²) in [7, 11) is 0.686. The topological polar surface area (TPSA) is 29.5 Å². The molecule has 1 N–H and O–H groups in total. The quantitative estimate of drug-likeness (QED) is 0.127. The third-order valence-electron chi connectivity index (χ3n) is 16.3. The van der Waals surface area contributed by atoms with Gasteiger partial charge in [-0.3, -0.25) is 0 Å². The molecule has 16 aromatic rings. The van der Waals surface area contributed by atoms with Crippen LogP contribution in [0.4, 0.5) is 0 Å². The minimum atomic E-state index is 0.618. The lowest BCUT2D eigenvalue weighted by Crippen LogP contribution is -1.99. The van der Waals surface area contributed by atoms with Crippen molar-refractivity contribution >= 4 is 110 Å². The van der Waals surface area contributed by atoms with Crippen molar-refractivity contribution in [3.8, 4) is 61.4 Å². The fraction of sp³-hybridized carbons (Fsp3) is 0. The third-order valence-corrected chi connectivity index (χ3v) is 17.2. The highest BCUT2D eigenvalue weighted by atomic mass is 79.9. The maximum absolute atomic E-state index is 8.58. The van der Waals surface area contributed by atoms with Gasteiger partial charge < -0.3 is 9.68 Å². The number of fused-ring (bicyclic) bond motifs is 8. The average molecular weight is 1140 g/mol. The second kappa shape index (κ2) is 23.0. The molecule has 0 unspecified atom stereocenters. The Kier molecular flexibility index (Phi) is 14.3. The minimum absolute atomic E-state index is 0.618. The predicted molar refractivity (Wildman–Crippen MR) is 363 cm³/mol. The van der Waals surface area contributed by atoms with Gasteiger partial charge in [0.1, 0.15) is 5.75 Å². The van der Waals surface area contributed by atoms with Crippen molar-refractivity contribution in [1.29, 1.82) is 0 Å². The summed E-state index contributed by atoms with van der Waals surface area (Å²) < 4.78 is 6.07.